The van der Waals surface area contributed by atoms with E-state index in [0.717, 1.165) is 27.2 Å². The van der Waals surface area contributed by atoms with Gasteiger partial charge in [-0.1, -0.05) is 17.7 Å². The summed E-state index contributed by atoms with van der Waals surface area (Å²) in [5, 5.41) is 4.30. The Kier molecular flexibility index (Phi) is 5.99. The summed E-state index contributed by atoms with van der Waals surface area (Å²) in [5.74, 6) is 0.122. The first kappa shape index (κ1) is 20.7. The Morgan fingerprint density at radius 1 is 1.40 bits per heavy atom. The number of halogens is 2. The number of hydrogen-bond acceptors (Lipinski definition) is 6. The highest BCUT2D eigenvalue weighted by atomic mass is 35.5. The summed E-state index contributed by atoms with van der Waals surface area (Å²) in [6.45, 7) is 1.88. The number of benzene rings is 1. The lowest BCUT2D eigenvalue weighted by molar-refractivity contribution is -0.126. The van der Waals surface area contributed by atoms with Crippen molar-refractivity contribution < 1.29 is 9.18 Å². The van der Waals surface area contributed by atoms with E-state index in [2.05, 4.69) is 15.3 Å². The topological polar surface area (TPSA) is 61.4 Å². The van der Waals surface area contributed by atoms with Crippen molar-refractivity contribution in [3.63, 3.8) is 0 Å². The Labute approximate surface area is 183 Å². The van der Waals surface area contributed by atoms with Crippen LogP contribution >= 0.6 is 22.9 Å². The van der Waals surface area contributed by atoms with E-state index < -0.39 is 5.82 Å². The van der Waals surface area contributed by atoms with E-state index in [-0.39, 0.29) is 5.91 Å². The van der Waals surface area contributed by atoms with Gasteiger partial charge in [-0.15, -0.1) is 11.3 Å². The van der Waals surface area contributed by atoms with Crippen molar-refractivity contribution in [2.45, 2.75) is 13.0 Å². The number of nitrogens with one attached hydrogen (secondary N) is 1. The number of nitrogens with zero attached hydrogens (tertiary/aromatic N) is 4. The summed E-state index contributed by atoms with van der Waals surface area (Å²) < 4.78 is 14.3. The highest BCUT2D eigenvalue weighted by Crippen LogP contribution is 2.38. The Balaban J connectivity index is 1.60. The minimum atomic E-state index is -0.445. The largest absolute Gasteiger partial charge is 0.337 e. The number of thiophene rings is 1. The second-order valence-corrected chi connectivity index (χ2v) is 8.85. The van der Waals surface area contributed by atoms with Gasteiger partial charge in [0.15, 0.2) is 0 Å². The van der Waals surface area contributed by atoms with E-state index in [4.69, 9.17) is 11.6 Å². The summed E-state index contributed by atoms with van der Waals surface area (Å²) >= 11 is 7.40. The predicted molar refractivity (Wildman–Crippen MR) is 119 cm³/mol. The lowest BCUT2D eigenvalue weighted by Crippen LogP contribution is -2.34. The molecule has 0 atom stereocenters. The van der Waals surface area contributed by atoms with Gasteiger partial charge in [-0.3, -0.25) is 4.79 Å². The molecule has 4 rings (SSSR count). The van der Waals surface area contributed by atoms with Crippen LogP contribution in [0.5, 0.6) is 0 Å². The highest BCUT2D eigenvalue weighted by molar-refractivity contribution is 7.19. The standard InChI is InChI=1S/C21H21ClFN5OS/c1-27(2)8-3-4-18(29)28-9-7-14-17(11-28)30-21-19(14)20(24-12-25-21)26-16-6-5-13(22)10-15(16)23/h3-6,10,12H,7-9,11H2,1-2H3,(H,24,25,26)/b4-3+. The molecule has 9 heteroatoms. The van der Waals surface area contributed by atoms with Gasteiger partial charge in [0.1, 0.15) is 22.8 Å². The number of fused-ring (bicyclic) bond motifs is 3. The Morgan fingerprint density at radius 3 is 3.00 bits per heavy atom. The number of carbonyl (C=O) groups excluding carboxylic acids is 1. The first-order valence-electron chi connectivity index (χ1n) is 9.50. The Hall–Kier alpha value is -2.55. The van der Waals surface area contributed by atoms with Crippen molar-refractivity contribution >= 4 is 50.6 Å². The van der Waals surface area contributed by atoms with Crippen molar-refractivity contribution in [2.75, 3.05) is 32.5 Å². The fourth-order valence-electron chi connectivity index (χ4n) is 3.40. The van der Waals surface area contributed by atoms with Gasteiger partial charge < -0.3 is 15.1 Å². The van der Waals surface area contributed by atoms with Crippen LogP contribution < -0.4 is 5.32 Å². The second-order valence-electron chi connectivity index (χ2n) is 7.33. The smallest absolute Gasteiger partial charge is 0.246 e. The lowest BCUT2D eigenvalue weighted by atomic mass is 10.0. The molecular formula is C21H21ClFN5OS. The molecule has 2 aromatic heterocycles. The summed E-state index contributed by atoms with van der Waals surface area (Å²) in [5.41, 5.74) is 1.42. The predicted octanol–water partition coefficient (Wildman–Crippen LogP) is 4.23. The number of likely N-dealkylation sites (N-methyl/N-ethyl adjacent to an activating group) is 1. The van der Waals surface area contributed by atoms with Crippen LogP contribution in [-0.2, 0) is 17.8 Å². The van der Waals surface area contributed by atoms with Crippen molar-refractivity contribution in [1.82, 2.24) is 19.8 Å². The number of rotatable bonds is 5. The molecule has 1 N–H and O–H groups in total. The first-order chi connectivity index (χ1) is 14.4. The quantitative estimate of drug-likeness (QED) is 0.595. The van der Waals surface area contributed by atoms with Crippen LogP contribution in [0.4, 0.5) is 15.9 Å². The fourth-order valence-corrected chi connectivity index (χ4v) is 4.76. The molecule has 1 amide bonds. The summed E-state index contributed by atoms with van der Waals surface area (Å²) in [7, 11) is 3.92. The minimum absolute atomic E-state index is 0.00706. The summed E-state index contributed by atoms with van der Waals surface area (Å²) in [6, 6.07) is 4.48. The average molecular weight is 446 g/mol. The molecule has 0 saturated carbocycles. The third-order valence-corrected chi connectivity index (χ3v) is 6.22. The lowest BCUT2D eigenvalue weighted by Gasteiger charge is -2.26. The zero-order chi connectivity index (χ0) is 21.3. The van der Waals surface area contributed by atoms with Gasteiger partial charge >= 0.3 is 0 Å². The van der Waals surface area contributed by atoms with Crippen molar-refractivity contribution in [3.8, 4) is 0 Å². The maximum absolute atomic E-state index is 14.3. The zero-order valence-corrected chi connectivity index (χ0v) is 18.2. The molecule has 0 aliphatic carbocycles. The van der Waals surface area contributed by atoms with E-state index in [1.165, 1.54) is 12.4 Å². The molecule has 1 aliphatic heterocycles. The molecule has 6 nitrogen and oxygen atoms in total. The molecule has 0 fully saturated rings. The van der Waals surface area contributed by atoms with Gasteiger partial charge in [0, 0.05) is 29.1 Å². The third kappa shape index (κ3) is 4.30. The molecule has 1 aliphatic rings. The van der Waals surface area contributed by atoms with Gasteiger partial charge in [0.2, 0.25) is 5.91 Å². The maximum Gasteiger partial charge on any atom is 0.246 e. The highest BCUT2D eigenvalue weighted by Gasteiger charge is 2.25. The molecule has 0 radical (unpaired) electrons. The van der Waals surface area contributed by atoms with E-state index in [9.17, 15) is 9.18 Å². The van der Waals surface area contributed by atoms with Crippen LogP contribution in [0.1, 0.15) is 10.4 Å². The normalized spacial score (nSPS) is 14.0. The molecular weight excluding hydrogens is 425 g/mol. The van der Waals surface area contributed by atoms with Crippen molar-refractivity contribution in [1.29, 1.82) is 0 Å². The molecule has 0 bridgehead atoms. The monoisotopic (exact) mass is 445 g/mol. The van der Waals surface area contributed by atoms with Crippen LogP contribution in [0.2, 0.25) is 5.02 Å². The van der Waals surface area contributed by atoms with Crippen molar-refractivity contribution in [3.05, 3.63) is 58.0 Å². The molecule has 156 valence electrons. The molecule has 0 unspecified atom stereocenters. The second kappa shape index (κ2) is 8.67. The summed E-state index contributed by atoms with van der Waals surface area (Å²) in [6.07, 6.45) is 5.67. The number of amides is 1. The number of hydrogen-bond donors (Lipinski definition) is 1. The first-order valence-corrected chi connectivity index (χ1v) is 10.7. The van der Waals surface area contributed by atoms with E-state index >= 15 is 0 Å². The van der Waals surface area contributed by atoms with Crippen LogP contribution in [0.3, 0.4) is 0 Å². The average Bonchev–Trinajstić information content (AvgIpc) is 3.08. The number of carbonyl (C=O) groups is 1. The van der Waals surface area contributed by atoms with Crippen LogP contribution in [0.25, 0.3) is 10.2 Å². The third-order valence-electron chi connectivity index (χ3n) is 4.86. The van der Waals surface area contributed by atoms with Crippen LogP contribution in [-0.4, -0.2) is 52.9 Å². The van der Waals surface area contributed by atoms with Crippen LogP contribution in [0, 0.1) is 5.82 Å². The van der Waals surface area contributed by atoms with Gasteiger partial charge in [-0.25, -0.2) is 14.4 Å². The summed E-state index contributed by atoms with van der Waals surface area (Å²) in [4.78, 5) is 27.0. The van der Waals surface area contributed by atoms with Gasteiger partial charge in [-0.05, 0) is 44.3 Å². The van der Waals surface area contributed by atoms with E-state index in [1.807, 2.05) is 30.0 Å². The minimum Gasteiger partial charge on any atom is -0.337 e. The number of anilines is 2. The van der Waals surface area contributed by atoms with Gasteiger partial charge in [0.05, 0.1) is 17.6 Å². The van der Waals surface area contributed by atoms with Crippen LogP contribution in [0.15, 0.2) is 36.7 Å². The molecule has 3 aromatic rings. The fraction of sp³-hybridized carbons (Fsp3) is 0.286. The zero-order valence-electron chi connectivity index (χ0n) is 16.7. The molecule has 0 saturated heterocycles. The van der Waals surface area contributed by atoms with Gasteiger partial charge in [0.25, 0.3) is 0 Å². The van der Waals surface area contributed by atoms with E-state index in [1.54, 1.807) is 29.5 Å². The van der Waals surface area contributed by atoms with Crippen molar-refractivity contribution in [2.24, 2.45) is 0 Å². The number of aromatic nitrogens is 2. The maximum atomic E-state index is 14.3. The molecule has 30 heavy (non-hydrogen) atoms. The molecule has 0 spiro atoms. The molecule has 1 aromatic carbocycles. The Morgan fingerprint density at radius 2 is 2.23 bits per heavy atom. The Bertz CT molecular complexity index is 1130. The van der Waals surface area contributed by atoms with E-state index in [0.29, 0.717) is 36.0 Å². The SMILES string of the molecule is CN(C)C/C=C/C(=O)N1CCc2c(sc3ncnc(Nc4ccc(Cl)cc4F)c23)C1. The van der Waals surface area contributed by atoms with Gasteiger partial charge in [-0.2, -0.15) is 0 Å². The molecule has 3 heterocycles.